The van der Waals surface area contributed by atoms with Crippen molar-refractivity contribution in [2.45, 2.75) is 6.92 Å². The van der Waals surface area contributed by atoms with Crippen molar-refractivity contribution in [1.29, 1.82) is 5.26 Å². The van der Waals surface area contributed by atoms with Gasteiger partial charge in [-0.2, -0.15) is 5.26 Å². The summed E-state index contributed by atoms with van der Waals surface area (Å²) in [6.07, 6.45) is 1.45. The normalized spacial score (nSPS) is 10.6. The molecule has 0 aliphatic carbocycles. The lowest BCUT2D eigenvalue weighted by Crippen LogP contribution is -2.20. The fourth-order valence-electron chi connectivity index (χ4n) is 2.99. The number of aryl methyl sites for hydroxylation is 1. The van der Waals surface area contributed by atoms with E-state index in [-0.39, 0.29) is 18.1 Å². The number of nitrogens with one attached hydrogen (secondary N) is 2. The van der Waals surface area contributed by atoms with E-state index in [2.05, 4.69) is 10.6 Å². The maximum atomic E-state index is 12.4. The monoisotopic (exact) mass is 441 g/mol. The van der Waals surface area contributed by atoms with Crippen LogP contribution < -0.4 is 20.1 Å². The van der Waals surface area contributed by atoms with E-state index in [1.54, 1.807) is 48.5 Å². The van der Waals surface area contributed by atoms with Crippen LogP contribution in [0.3, 0.4) is 0 Å². The summed E-state index contributed by atoms with van der Waals surface area (Å²) in [4.78, 5) is 24.6. The van der Waals surface area contributed by atoms with Crippen molar-refractivity contribution in [1.82, 2.24) is 0 Å². The lowest BCUT2D eigenvalue weighted by molar-refractivity contribution is -0.118. The van der Waals surface area contributed by atoms with Crippen molar-refractivity contribution in [3.63, 3.8) is 0 Å². The molecule has 3 aromatic rings. The average Bonchev–Trinajstić information content (AvgIpc) is 2.82. The molecule has 0 aromatic heterocycles. The fourth-order valence-corrected chi connectivity index (χ4v) is 2.99. The predicted octanol–water partition coefficient (Wildman–Crippen LogP) is 4.57. The minimum atomic E-state index is -0.518. The number of hydrogen-bond acceptors (Lipinski definition) is 5. The number of methoxy groups -OCH3 is 1. The highest BCUT2D eigenvalue weighted by Crippen LogP contribution is 2.29. The second kappa shape index (κ2) is 11.2. The van der Waals surface area contributed by atoms with Gasteiger partial charge in [0.25, 0.3) is 11.8 Å². The van der Waals surface area contributed by atoms with Gasteiger partial charge in [-0.05, 0) is 60.5 Å². The van der Waals surface area contributed by atoms with E-state index in [0.717, 1.165) is 5.56 Å². The molecule has 7 heteroatoms. The number of rotatable bonds is 8. The van der Waals surface area contributed by atoms with Gasteiger partial charge in [-0.3, -0.25) is 9.59 Å². The highest BCUT2D eigenvalue weighted by Gasteiger charge is 2.12. The van der Waals surface area contributed by atoms with E-state index in [0.29, 0.717) is 28.4 Å². The Bertz CT molecular complexity index is 1210. The molecule has 33 heavy (non-hydrogen) atoms. The van der Waals surface area contributed by atoms with E-state index < -0.39 is 5.91 Å². The summed E-state index contributed by atoms with van der Waals surface area (Å²) in [6.45, 7) is 1.73. The molecule has 7 nitrogen and oxygen atoms in total. The molecule has 0 spiro atoms. The maximum Gasteiger partial charge on any atom is 0.266 e. The smallest absolute Gasteiger partial charge is 0.266 e. The summed E-state index contributed by atoms with van der Waals surface area (Å²) in [5, 5.41) is 14.9. The first-order valence-corrected chi connectivity index (χ1v) is 10.1. The Morgan fingerprint density at radius 3 is 2.39 bits per heavy atom. The lowest BCUT2D eigenvalue weighted by atomic mass is 10.1. The number of ether oxygens (including phenoxy) is 2. The Kier molecular flexibility index (Phi) is 7.81. The molecule has 2 N–H and O–H groups in total. The van der Waals surface area contributed by atoms with E-state index in [9.17, 15) is 14.9 Å². The molecule has 3 aromatic carbocycles. The number of hydrogen-bond donors (Lipinski definition) is 2. The molecule has 0 saturated carbocycles. The Balaban J connectivity index is 1.67. The molecule has 0 heterocycles. The van der Waals surface area contributed by atoms with Crippen LogP contribution in [0.15, 0.2) is 78.4 Å². The molecule has 0 unspecified atom stereocenters. The van der Waals surface area contributed by atoms with Crippen LogP contribution >= 0.6 is 0 Å². The molecule has 3 rings (SSSR count). The molecule has 0 aliphatic heterocycles. The number of anilines is 2. The molecular formula is C26H23N3O4. The Labute approximate surface area is 192 Å². The third-order valence-electron chi connectivity index (χ3n) is 4.56. The quantitative estimate of drug-likeness (QED) is 0.394. The van der Waals surface area contributed by atoms with Crippen LogP contribution in [0.5, 0.6) is 11.5 Å². The van der Waals surface area contributed by atoms with Gasteiger partial charge < -0.3 is 20.1 Å². The van der Waals surface area contributed by atoms with Crippen LogP contribution in [-0.4, -0.2) is 25.5 Å². The number of nitriles is 1. The van der Waals surface area contributed by atoms with Crippen molar-refractivity contribution < 1.29 is 19.1 Å². The number of carbonyl (C=O) groups excluding carboxylic acids is 2. The van der Waals surface area contributed by atoms with Gasteiger partial charge >= 0.3 is 0 Å². The van der Waals surface area contributed by atoms with Crippen LogP contribution in [-0.2, 0) is 9.59 Å². The zero-order valence-corrected chi connectivity index (χ0v) is 18.3. The molecule has 166 valence electrons. The second-order valence-corrected chi connectivity index (χ2v) is 7.11. The van der Waals surface area contributed by atoms with Gasteiger partial charge in [-0.25, -0.2) is 0 Å². The summed E-state index contributed by atoms with van der Waals surface area (Å²) in [6, 6.07) is 23.2. The summed E-state index contributed by atoms with van der Waals surface area (Å²) in [5.41, 5.74) is 2.83. The number of carbonyl (C=O) groups is 2. The summed E-state index contributed by atoms with van der Waals surface area (Å²) in [7, 11) is 1.47. The first kappa shape index (κ1) is 23.1. The number of para-hydroxylation sites is 1. The van der Waals surface area contributed by atoms with E-state index in [4.69, 9.17) is 9.47 Å². The largest absolute Gasteiger partial charge is 0.493 e. The molecule has 2 amide bonds. The van der Waals surface area contributed by atoms with Crippen molar-refractivity contribution >= 4 is 29.3 Å². The standard InChI is InChI=1S/C26H23N3O4/c1-18-7-6-10-22(13-18)28-25(30)17-33-23-12-11-19(15-24(23)32-2)14-20(16-27)26(31)29-21-8-4-3-5-9-21/h3-15H,17H2,1-2H3,(H,28,30)(H,29,31)/b20-14+. The predicted molar refractivity (Wildman–Crippen MR) is 127 cm³/mol. The first-order valence-electron chi connectivity index (χ1n) is 10.1. The number of amides is 2. The van der Waals surface area contributed by atoms with E-state index in [1.807, 2.05) is 37.3 Å². The van der Waals surface area contributed by atoms with Gasteiger partial charge in [-0.15, -0.1) is 0 Å². The van der Waals surface area contributed by atoms with Gasteiger partial charge in [-0.1, -0.05) is 36.4 Å². The lowest BCUT2D eigenvalue weighted by Gasteiger charge is -2.12. The van der Waals surface area contributed by atoms with Crippen molar-refractivity contribution in [3.05, 3.63) is 89.5 Å². The van der Waals surface area contributed by atoms with Gasteiger partial charge in [0.2, 0.25) is 0 Å². The zero-order valence-electron chi connectivity index (χ0n) is 18.3. The van der Waals surface area contributed by atoms with Crippen LogP contribution in [0.25, 0.3) is 6.08 Å². The van der Waals surface area contributed by atoms with Crippen LogP contribution in [0.1, 0.15) is 11.1 Å². The SMILES string of the molecule is COc1cc(/C=C(\C#N)C(=O)Nc2ccccc2)ccc1OCC(=O)Nc1cccc(C)c1. The van der Waals surface area contributed by atoms with Crippen molar-refractivity contribution in [2.75, 3.05) is 24.4 Å². The molecule has 0 aliphatic rings. The Hall–Kier alpha value is -4.57. The molecular weight excluding hydrogens is 418 g/mol. The molecule has 0 atom stereocenters. The van der Waals surface area contributed by atoms with Gasteiger partial charge in [0.1, 0.15) is 11.6 Å². The van der Waals surface area contributed by atoms with Crippen LogP contribution in [0.4, 0.5) is 11.4 Å². The Morgan fingerprint density at radius 2 is 1.70 bits per heavy atom. The van der Waals surface area contributed by atoms with Gasteiger partial charge in [0.05, 0.1) is 7.11 Å². The fraction of sp³-hybridized carbons (Fsp3) is 0.115. The van der Waals surface area contributed by atoms with Crippen molar-refractivity contribution in [2.24, 2.45) is 0 Å². The molecule has 0 bridgehead atoms. The highest BCUT2D eigenvalue weighted by atomic mass is 16.5. The summed E-state index contributed by atoms with van der Waals surface area (Å²) < 4.78 is 11.0. The minimum Gasteiger partial charge on any atom is -0.493 e. The average molecular weight is 441 g/mol. The zero-order chi connectivity index (χ0) is 23.6. The van der Waals surface area contributed by atoms with Crippen molar-refractivity contribution in [3.8, 4) is 17.6 Å². The van der Waals surface area contributed by atoms with Gasteiger partial charge in [0, 0.05) is 11.4 Å². The second-order valence-electron chi connectivity index (χ2n) is 7.11. The van der Waals surface area contributed by atoms with E-state index >= 15 is 0 Å². The molecule has 0 radical (unpaired) electrons. The summed E-state index contributed by atoms with van der Waals surface area (Å²) >= 11 is 0. The molecule has 0 fully saturated rings. The topological polar surface area (TPSA) is 100 Å². The highest BCUT2D eigenvalue weighted by molar-refractivity contribution is 6.09. The first-order chi connectivity index (χ1) is 16.0. The molecule has 0 saturated heterocycles. The third-order valence-corrected chi connectivity index (χ3v) is 4.56. The van der Waals surface area contributed by atoms with Gasteiger partial charge in [0.15, 0.2) is 18.1 Å². The maximum absolute atomic E-state index is 12.4. The number of benzene rings is 3. The Morgan fingerprint density at radius 1 is 0.939 bits per heavy atom. The number of nitrogens with zero attached hydrogens (tertiary/aromatic N) is 1. The third kappa shape index (κ3) is 6.71. The minimum absolute atomic E-state index is 0.0629. The van der Waals surface area contributed by atoms with E-state index in [1.165, 1.54) is 13.2 Å². The summed E-state index contributed by atoms with van der Waals surface area (Å²) in [5.74, 6) is -0.0964. The van der Waals surface area contributed by atoms with Crippen LogP contribution in [0, 0.1) is 18.3 Å². The van der Waals surface area contributed by atoms with Crippen LogP contribution in [0.2, 0.25) is 0 Å².